The van der Waals surface area contributed by atoms with Crippen LogP contribution in [0, 0.1) is 11.3 Å². The highest BCUT2D eigenvalue weighted by atomic mass is 19.3. The molecule has 1 unspecified atom stereocenters. The van der Waals surface area contributed by atoms with E-state index in [9.17, 15) is 13.6 Å². The Bertz CT molecular complexity index is 880. The van der Waals surface area contributed by atoms with Crippen LogP contribution in [0.2, 0.25) is 0 Å². The average Bonchev–Trinajstić information content (AvgIpc) is 3.09. The number of rotatable bonds is 6. The molecule has 1 N–H and O–H groups in total. The van der Waals surface area contributed by atoms with E-state index >= 15 is 0 Å². The Labute approximate surface area is 156 Å². The molecule has 0 aliphatic carbocycles. The topological polar surface area (TPSA) is 65.4 Å². The fourth-order valence-electron chi connectivity index (χ4n) is 3.27. The van der Waals surface area contributed by atoms with Gasteiger partial charge in [-0.1, -0.05) is 12.1 Å². The summed E-state index contributed by atoms with van der Waals surface area (Å²) in [5, 5.41) is 12.4. The number of anilines is 2. The van der Waals surface area contributed by atoms with E-state index in [0.717, 1.165) is 6.42 Å². The zero-order chi connectivity index (χ0) is 19.4. The first-order valence-electron chi connectivity index (χ1n) is 8.58. The normalized spacial score (nSPS) is 16.3. The molecule has 1 heterocycles. The van der Waals surface area contributed by atoms with Gasteiger partial charge in [-0.25, -0.2) is 0 Å². The summed E-state index contributed by atoms with van der Waals surface area (Å²) >= 11 is 0. The van der Waals surface area contributed by atoms with Crippen molar-refractivity contribution < 1.29 is 18.3 Å². The minimum atomic E-state index is -2.88. The zero-order valence-corrected chi connectivity index (χ0v) is 14.8. The average molecular weight is 371 g/mol. The summed E-state index contributed by atoms with van der Waals surface area (Å²) in [5.41, 5.74) is 2.21. The monoisotopic (exact) mass is 371 g/mol. The van der Waals surface area contributed by atoms with Gasteiger partial charge in [0.2, 0.25) is 0 Å². The van der Waals surface area contributed by atoms with E-state index in [1.807, 2.05) is 4.90 Å². The summed E-state index contributed by atoms with van der Waals surface area (Å²) in [5.74, 6) is 0.0524. The lowest BCUT2D eigenvalue weighted by Gasteiger charge is -2.22. The standard InChI is InChI=1S/C20H19F2N3O2/c1-13(26)16-7-6-14(11-23)10-17(16)24-15-8-9-25(12-15)18-4-2-3-5-19(18)27-20(21)22/h2-7,10,15,20,24H,8-9,12H2,1H3. The van der Waals surface area contributed by atoms with Crippen molar-refractivity contribution in [2.24, 2.45) is 0 Å². The molecule has 0 amide bonds. The lowest BCUT2D eigenvalue weighted by atomic mass is 10.1. The van der Waals surface area contributed by atoms with E-state index in [1.165, 1.54) is 13.0 Å². The van der Waals surface area contributed by atoms with E-state index in [4.69, 9.17) is 5.26 Å². The summed E-state index contributed by atoms with van der Waals surface area (Å²) in [6, 6.07) is 13.7. The number of nitriles is 1. The van der Waals surface area contributed by atoms with Crippen molar-refractivity contribution in [3.63, 3.8) is 0 Å². The lowest BCUT2D eigenvalue weighted by molar-refractivity contribution is -0.0495. The molecule has 0 radical (unpaired) electrons. The maximum Gasteiger partial charge on any atom is 0.387 e. The number of Topliss-reactive ketones (excluding diaryl/α,β-unsaturated/α-hetero) is 1. The Hall–Kier alpha value is -3.14. The number of benzene rings is 2. The van der Waals surface area contributed by atoms with Crippen LogP contribution in [-0.2, 0) is 0 Å². The Kier molecular flexibility index (Phi) is 5.55. The quantitative estimate of drug-likeness (QED) is 0.776. The van der Waals surface area contributed by atoms with Crippen molar-refractivity contribution >= 4 is 17.2 Å². The Morgan fingerprint density at radius 3 is 2.81 bits per heavy atom. The van der Waals surface area contributed by atoms with Crippen LogP contribution < -0.4 is 15.0 Å². The zero-order valence-electron chi connectivity index (χ0n) is 14.8. The van der Waals surface area contributed by atoms with Crippen molar-refractivity contribution in [2.75, 3.05) is 23.3 Å². The minimum absolute atomic E-state index is 0.0108. The van der Waals surface area contributed by atoms with E-state index < -0.39 is 6.61 Å². The molecule has 0 bridgehead atoms. The maximum atomic E-state index is 12.6. The Morgan fingerprint density at radius 2 is 2.11 bits per heavy atom. The molecule has 1 saturated heterocycles. The number of ketones is 1. The molecule has 27 heavy (non-hydrogen) atoms. The fraction of sp³-hybridized carbons (Fsp3) is 0.300. The molecule has 1 fully saturated rings. The van der Waals surface area contributed by atoms with Gasteiger partial charge in [0.05, 0.1) is 17.3 Å². The van der Waals surface area contributed by atoms with Crippen molar-refractivity contribution in [2.45, 2.75) is 26.0 Å². The number of halogens is 2. The van der Waals surface area contributed by atoms with Crippen molar-refractivity contribution in [3.05, 3.63) is 53.6 Å². The highest BCUT2D eigenvalue weighted by molar-refractivity contribution is 5.99. The summed E-state index contributed by atoms with van der Waals surface area (Å²) < 4.78 is 29.9. The summed E-state index contributed by atoms with van der Waals surface area (Å²) in [6.07, 6.45) is 0.761. The van der Waals surface area contributed by atoms with E-state index in [-0.39, 0.29) is 17.6 Å². The van der Waals surface area contributed by atoms with Gasteiger partial charge in [0.15, 0.2) is 5.78 Å². The van der Waals surface area contributed by atoms with E-state index in [0.29, 0.717) is 35.6 Å². The second-order valence-corrected chi connectivity index (χ2v) is 6.35. The van der Waals surface area contributed by atoms with Crippen LogP contribution in [0.4, 0.5) is 20.2 Å². The molecule has 0 aromatic heterocycles. The van der Waals surface area contributed by atoms with Crippen LogP contribution in [0.25, 0.3) is 0 Å². The van der Waals surface area contributed by atoms with Gasteiger partial charge in [0.1, 0.15) is 5.75 Å². The van der Waals surface area contributed by atoms with Crippen LogP contribution in [0.5, 0.6) is 5.75 Å². The fourth-order valence-corrected chi connectivity index (χ4v) is 3.27. The van der Waals surface area contributed by atoms with Crippen molar-refractivity contribution in [1.29, 1.82) is 5.26 Å². The second-order valence-electron chi connectivity index (χ2n) is 6.35. The first-order valence-corrected chi connectivity index (χ1v) is 8.58. The van der Waals surface area contributed by atoms with Crippen LogP contribution in [-0.4, -0.2) is 31.5 Å². The number of alkyl halides is 2. The van der Waals surface area contributed by atoms with Gasteiger partial charge in [-0.2, -0.15) is 14.0 Å². The number of carbonyl (C=O) groups is 1. The van der Waals surface area contributed by atoms with Gasteiger partial charge in [-0.05, 0) is 43.7 Å². The number of hydrogen-bond donors (Lipinski definition) is 1. The Balaban J connectivity index is 1.77. The van der Waals surface area contributed by atoms with Crippen LogP contribution in [0.1, 0.15) is 29.3 Å². The molecular formula is C20H19F2N3O2. The molecule has 3 rings (SSSR count). The summed E-state index contributed by atoms with van der Waals surface area (Å²) in [4.78, 5) is 13.8. The number of para-hydroxylation sites is 2. The number of carbonyl (C=O) groups excluding carboxylic acids is 1. The van der Waals surface area contributed by atoms with Crippen molar-refractivity contribution in [1.82, 2.24) is 0 Å². The summed E-state index contributed by atoms with van der Waals surface area (Å²) in [7, 11) is 0. The molecule has 1 atom stereocenters. The van der Waals surface area contributed by atoms with E-state index in [1.54, 1.807) is 36.4 Å². The van der Waals surface area contributed by atoms with E-state index in [2.05, 4.69) is 16.1 Å². The van der Waals surface area contributed by atoms with Gasteiger partial charge in [-0.15, -0.1) is 0 Å². The third kappa shape index (κ3) is 4.34. The van der Waals surface area contributed by atoms with Crippen LogP contribution in [0.15, 0.2) is 42.5 Å². The van der Waals surface area contributed by atoms with Gasteiger partial charge in [0.25, 0.3) is 0 Å². The second kappa shape index (κ2) is 8.04. The third-order valence-corrected chi connectivity index (χ3v) is 4.50. The number of nitrogens with one attached hydrogen (secondary N) is 1. The molecule has 0 spiro atoms. The first kappa shape index (κ1) is 18.6. The molecule has 1 aliphatic heterocycles. The largest absolute Gasteiger partial charge is 0.433 e. The lowest BCUT2D eigenvalue weighted by Crippen LogP contribution is -2.27. The molecular weight excluding hydrogens is 352 g/mol. The maximum absolute atomic E-state index is 12.6. The molecule has 140 valence electrons. The summed E-state index contributed by atoms with van der Waals surface area (Å²) in [6.45, 7) is -0.174. The van der Waals surface area contributed by atoms with Gasteiger partial charge in [-0.3, -0.25) is 4.79 Å². The third-order valence-electron chi connectivity index (χ3n) is 4.50. The van der Waals surface area contributed by atoms with Crippen LogP contribution in [0.3, 0.4) is 0 Å². The molecule has 0 saturated carbocycles. The predicted octanol–water partition coefficient (Wildman–Crippen LogP) is 4.05. The molecule has 2 aromatic rings. The molecule has 5 nitrogen and oxygen atoms in total. The number of ether oxygens (including phenoxy) is 1. The molecule has 1 aliphatic rings. The van der Waals surface area contributed by atoms with Gasteiger partial charge < -0.3 is 15.0 Å². The highest BCUT2D eigenvalue weighted by Gasteiger charge is 2.26. The molecule has 2 aromatic carbocycles. The molecule has 7 heteroatoms. The predicted molar refractivity (Wildman–Crippen MR) is 98.5 cm³/mol. The minimum Gasteiger partial charge on any atom is -0.433 e. The van der Waals surface area contributed by atoms with Crippen molar-refractivity contribution in [3.8, 4) is 11.8 Å². The SMILES string of the molecule is CC(=O)c1ccc(C#N)cc1NC1CCN(c2ccccc2OC(F)F)C1. The highest BCUT2D eigenvalue weighted by Crippen LogP contribution is 2.32. The Morgan fingerprint density at radius 1 is 1.33 bits per heavy atom. The smallest absolute Gasteiger partial charge is 0.387 e. The number of nitrogens with zero attached hydrogens (tertiary/aromatic N) is 2. The number of hydrogen-bond acceptors (Lipinski definition) is 5. The van der Waals surface area contributed by atoms with Crippen LogP contribution >= 0.6 is 0 Å². The van der Waals surface area contributed by atoms with Gasteiger partial charge >= 0.3 is 6.61 Å². The first-order chi connectivity index (χ1) is 13.0. The van der Waals surface area contributed by atoms with Gasteiger partial charge in [0, 0.05) is 30.4 Å².